The molecule has 3 N–H and O–H groups in total. The summed E-state index contributed by atoms with van der Waals surface area (Å²) in [5.74, 6) is -2.23. The minimum Gasteiger partial charge on any atom is -0.397 e. The lowest BCUT2D eigenvalue weighted by Gasteiger charge is -2.08. The van der Waals surface area contributed by atoms with Crippen molar-refractivity contribution in [2.75, 3.05) is 11.1 Å². The lowest BCUT2D eigenvalue weighted by Crippen LogP contribution is -2.30. The average molecular weight is 219 g/mol. The number of nitrogens with zero attached hydrogens (tertiary/aromatic N) is 1. The maximum Gasteiger partial charge on any atom is 0.471 e. The van der Waals surface area contributed by atoms with Gasteiger partial charge >= 0.3 is 12.1 Å². The van der Waals surface area contributed by atoms with Gasteiger partial charge in [0.15, 0.2) is 0 Å². The molecule has 82 valence electrons. The van der Waals surface area contributed by atoms with E-state index >= 15 is 0 Å². The molecule has 0 bridgehead atoms. The summed E-state index contributed by atoms with van der Waals surface area (Å²) < 4.78 is 35.6. The van der Waals surface area contributed by atoms with Crippen LogP contribution < -0.4 is 11.1 Å². The zero-order valence-electron chi connectivity index (χ0n) is 7.72. The molecule has 0 aliphatic rings. The van der Waals surface area contributed by atoms with E-state index in [1.54, 1.807) is 5.32 Å². The third kappa shape index (κ3) is 2.83. The Morgan fingerprint density at radius 2 is 2.07 bits per heavy atom. The average Bonchev–Trinajstić information content (AvgIpc) is 2.10. The molecule has 1 rings (SSSR count). The molecule has 0 aromatic carbocycles. The molecule has 1 aromatic rings. The summed E-state index contributed by atoms with van der Waals surface area (Å²) >= 11 is 0. The van der Waals surface area contributed by atoms with E-state index in [0.717, 1.165) is 0 Å². The van der Waals surface area contributed by atoms with Crippen molar-refractivity contribution in [2.45, 2.75) is 13.1 Å². The van der Waals surface area contributed by atoms with Gasteiger partial charge < -0.3 is 11.1 Å². The third-order valence-electron chi connectivity index (χ3n) is 1.63. The second kappa shape index (κ2) is 3.76. The van der Waals surface area contributed by atoms with Crippen molar-refractivity contribution < 1.29 is 18.0 Å². The Morgan fingerprint density at radius 1 is 1.47 bits per heavy atom. The van der Waals surface area contributed by atoms with Gasteiger partial charge in [-0.15, -0.1) is 0 Å². The summed E-state index contributed by atoms with van der Waals surface area (Å²) in [5, 5.41) is 1.62. The molecule has 0 saturated carbocycles. The number of nitrogens with one attached hydrogen (secondary N) is 1. The van der Waals surface area contributed by atoms with E-state index in [2.05, 4.69) is 4.98 Å². The van der Waals surface area contributed by atoms with Gasteiger partial charge in [0.2, 0.25) is 0 Å². The summed E-state index contributed by atoms with van der Waals surface area (Å²) in [5.41, 5.74) is 6.11. The van der Waals surface area contributed by atoms with Gasteiger partial charge in [0.05, 0.1) is 11.4 Å². The molecule has 0 unspecified atom stereocenters. The molecular formula is C8H8F3N3O. The van der Waals surface area contributed by atoms with Crippen molar-refractivity contribution in [1.29, 1.82) is 0 Å². The summed E-state index contributed by atoms with van der Waals surface area (Å²) in [6, 6.07) is 2.57. The molecule has 1 aromatic heterocycles. The van der Waals surface area contributed by atoms with Gasteiger partial charge in [-0.2, -0.15) is 13.2 Å². The Kier molecular flexibility index (Phi) is 2.83. The number of pyridine rings is 1. The van der Waals surface area contributed by atoms with Crippen LogP contribution in [-0.4, -0.2) is 17.1 Å². The highest BCUT2D eigenvalue weighted by molar-refractivity contribution is 5.94. The number of carbonyl (C=O) groups excluding carboxylic acids is 1. The normalized spacial score (nSPS) is 11.2. The van der Waals surface area contributed by atoms with Gasteiger partial charge in [-0.1, -0.05) is 0 Å². The van der Waals surface area contributed by atoms with Crippen molar-refractivity contribution in [3.8, 4) is 0 Å². The second-order valence-corrected chi connectivity index (χ2v) is 2.82. The van der Waals surface area contributed by atoms with Gasteiger partial charge in [0.25, 0.3) is 0 Å². The molecular weight excluding hydrogens is 211 g/mol. The molecule has 4 nitrogen and oxygen atoms in total. The maximum absolute atomic E-state index is 11.9. The lowest BCUT2D eigenvalue weighted by atomic mass is 10.3. The number of rotatable bonds is 1. The van der Waals surface area contributed by atoms with E-state index in [-0.39, 0.29) is 5.82 Å². The number of halogens is 3. The number of alkyl halides is 3. The number of amides is 1. The Labute approximate surface area is 83.3 Å². The van der Waals surface area contributed by atoms with Crippen molar-refractivity contribution in [3.63, 3.8) is 0 Å². The first-order valence-corrected chi connectivity index (χ1v) is 3.92. The molecule has 1 amide bonds. The van der Waals surface area contributed by atoms with Crippen LogP contribution in [0, 0.1) is 6.92 Å². The van der Waals surface area contributed by atoms with E-state index in [9.17, 15) is 18.0 Å². The molecule has 0 saturated heterocycles. The van der Waals surface area contributed by atoms with Gasteiger partial charge in [0, 0.05) is 0 Å². The Balaban J connectivity index is 2.83. The first-order chi connectivity index (χ1) is 6.80. The van der Waals surface area contributed by atoms with Crippen molar-refractivity contribution in [1.82, 2.24) is 4.98 Å². The zero-order chi connectivity index (χ0) is 11.6. The molecule has 0 aliphatic heterocycles. The highest BCUT2D eigenvalue weighted by Crippen LogP contribution is 2.18. The maximum atomic E-state index is 11.9. The van der Waals surface area contributed by atoms with E-state index in [4.69, 9.17) is 5.73 Å². The summed E-state index contributed by atoms with van der Waals surface area (Å²) in [4.78, 5) is 14.2. The number of hydrogen-bond donors (Lipinski definition) is 2. The quantitative estimate of drug-likeness (QED) is 0.751. The van der Waals surface area contributed by atoms with Crippen LogP contribution in [0.4, 0.5) is 24.7 Å². The topological polar surface area (TPSA) is 68.0 Å². The Bertz CT molecular complexity index is 389. The summed E-state index contributed by atoms with van der Waals surface area (Å²) in [6.45, 7) is 1.53. The van der Waals surface area contributed by atoms with E-state index < -0.39 is 12.1 Å². The summed E-state index contributed by atoms with van der Waals surface area (Å²) in [6.07, 6.45) is -4.92. The zero-order valence-corrected chi connectivity index (χ0v) is 7.72. The Hall–Kier alpha value is -1.79. The third-order valence-corrected chi connectivity index (χ3v) is 1.63. The number of nitrogens with two attached hydrogens (primary N) is 1. The van der Waals surface area contributed by atoms with Gasteiger partial charge in [-0.25, -0.2) is 4.98 Å². The predicted octanol–water partition coefficient (Wildman–Crippen LogP) is 1.47. The fourth-order valence-electron chi connectivity index (χ4n) is 0.829. The largest absolute Gasteiger partial charge is 0.471 e. The highest BCUT2D eigenvalue weighted by atomic mass is 19.4. The highest BCUT2D eigenvalue weighted by Gasteiger charge is 2.38. The number of hydrogen-bond acceptors (Lipinski definition) is 3. The summed E-state index contributed by atoms with van der Waals surface area (Å²) in [7, 11) is 0. The monoisotopic (exact) mass is 219 g/mol. The van der Waals surface area contributed by atoms with Crippen LogP contribution in [0.15, 0.2) is 12.1 Å². The fourth-order valence-corrected chi connectivity index (χ4v) is 0.829. The SMILES string of the molecule is Cc1nc(NC(=O)C(F)(F)F)ccc1N. The molecule has 0 aliphatic carbocycles. The number of aromatic nitrogens is 1. The van der Waals surface area contributed by atoms with Gasteiger partial charge in [0.1, 0.15) is 5.82 Å². The molecule has 1 heterocycles. The fraction of sp³-hybridized carbons (Fsp3) is 0.250. The van der Waals surface area contributed by atoms with Crippen LogP contribution in [0.5, 0.6) is 0 Å². The first-order valence-electron chi connectivity index (χ1n) is 3.92. The van der Waals surface area contributed by atoms with Gasteiger partial charge in [-0.05, 0) is 19.1 Å². The van der Waals surface area contributed by atoms with E-state index in [1.165, 1.54) is 19.1 Å². The molecule has 7 heteroatoms. The van der Waals surface area contributed by atoms with Crippen molar-refractivity contribution in [2.24, 2.45) is 0 Å². The molecule has 0 spiro atoms. The van der Waals surface area contributed by atoms with Crippen LogP contribution in [-0.2, 0) is 4.79 Å². The van der Waals surface area contributed by atoms with Crippen LogP contribution in [0.25, 0.3) is 0 Å². The molecule has 15 heavy (non-hydrogen) atoms. The number of anilines is 2. The second-order valence-electron chi connectivity index (χ2n) is 2.82. The minimum atomic E-state index is -4.92. The smallest absolute Gasteiger partial charge is 0.397 e. The van der Waals surface area contributed by atoms with E-state index in [1.807, 2.05) is 0 Å². The number of aryl methyl sites for hydroxylation is 1. The molecule has 0 radical (unpaired) electrons. The Morgan fingerprint density at radius 3 is 2.53 bits per heavy atom. The standard InChI is InChI=1S/C8H8F3N3O/c1-4-5(12)2-3-6(13-4)14-7(15)8(9,10)11/h2-3H,12H2,1H3,(H,13,14,15). The number of nitrogen functional groups attached to an aromatic ring is 1. The number of carbonyl (C=O) groups is 1. The molecule has 0 atom stereocenters. The van der Waals surface area contributed by atoms with Crippen molar-refractivity contribution in [3.05, 3.63) is 17.8 Å². The van der Waals surface area contributed by atoms with E-state index in [0.29, 0.717) is 11.4 Å². The first kappa shape index (κ1) is 11.3. The van der Waals surface area contributed by atoms with Crippen LogP contribution >= 0.6 is 0 Å². The molecule has 0 fully saturated rings. The van der Waals surface area contributed by atoms with Crippen LogP contribution in [0.2, 0.25) is 0 Å². The van der Waals surface area contributed by atoms with Crippen molar-refractivity contribution >= 4 is 17.4 Å². The lowest BCUT2D eigenvalue weighted by molar-refractivity contribution is -0.167. The van der Waals surface area contributed by atoms with Crippen LogP contribution in [0.3, 0.4) is 0 Å². The van der Waals surface area contributed by atoms with Gasteiger partial charge in [-0.3, -0.25) is 4.79 Å². The van der Waals surface area contributed by atoms with Crippen LogP contribution in [0.1, 0.15) is 5.69 Å². The minimum absolute atomic E-state index is 0.177. The predicted molar refractivity (Wildman–Crippen MR) is 48.1 cm³/mol.